The fourth-order valence-corrected chi connectivity index (χ4v) is 5.80. The first-order chi connectivity index (χ1) is 16.9. The van der Waals surface area contributed by atoms with Crippen LogP contribution in [0.3, 0.4) is 0 Å². The Bertz CT molecular complexity index is 1470. The molecular weight excluding hydrogens is 528 g/mol. The molecule has 180 valence electrons. The molecule has 1 aliphatic rings. The topological polar surface area (TPSA) is 93.2 Å². The second kappa shape index (κ2) is 10.0. The molecule has 1 aliphatic heterocycles. The smallest absolute Gasteiger partial charge is 0.240 e. The van der Waals surface area contributed by atoms with Crippen LogP contribution in [0.25, 0.3) is 22.0 Å². The summed E-state index contributed by atoms with van der Waals surface area (Å²) in [4.78, 5) is 0.232. The molecule has 0 saturated carbocycles. The number of nitrogens with one attached hydrogen (secondary N) is 2. The van der Waals surface area contributed by atoms with Crippen LogP contribution in [0.15, 0.2) is 76.1 Å². The van der Waals surface area contributed by atoms with Gasteiger partial charge in [-0.2, -0.15) is 0 Å². The van der Waals surface area contributed by atoms with Gasteiger partial charge in [-0.1, -0.05) is 52.3 Å². The molecule has 0 radical (unpaired) electrons. The molecule has 9 heteroatoms. The van der Waals surface area contributed by atoms with Crippen LogP contribution in [0.2, 0.25) is 0 Å². The number of hydrogen-bond donors (Lipinski definition) is 2. The number of nitrogens with zero attached hydrogens (tertiary/aromatic N) is 2. The molecule has 1 atom stereocenters. The predicted molar refractivity (Wildman–Crippen MR) is 141 cm³/mol. The second-order valence-electron chi connectivity index (χ2n) is 8.54. The number of ether oxygens (including phenoxy) is 1. The lowest BCUT2D eigenvalue weighted by Gasteiger charge is -2.15. The Hall–Kier alpha value is -2.85. The van der Waals surface area contributed by atoms with Crippen molar-refractivity contribution in [2.45, 2.75) is 30.8 Å². The number of hydrogen-bond acceptors (Lipinski definition) is 6. The van der Waals surface area contributed by atoms with Gasteiger partial charge in [-0.05, 0) is 55.7 Å². The van der Waals surface area contributed by atoms with E-state index in [2.05, 4.69) is 36.2 Å². The van der Waals surface area contributed by atoms with Gasteiger partial charge in [-0.3, -0.25) is 0 Å². The lowest BCUT2D eigenvalue weighted by molar-refractivity contribution is 0.114. The van der Waals surface area contributed by atoms with Crippen molar-refractivity contribution in [3.05, 3.63) is 76.8 Å². The Balaban J connectivity index is 1.50. The Morgan fingerprint density at radius 3 is 2.54 bits per heavy atom. The summed E-state index contributed by atoms with van der Waals surface area (Å²) >= 11 is 3.45. The molecule has 1 saturated heterocycles. The summed E-state index contributed by atoms with van der Waals surface area (Å²) in [5.41, 5.74) is 2.87. The summed E-state index contributed by atoms with van der Waals surface area (Å²) in [7, 11) is -3.71. The maximum Gasteiger partial charge on any atom is 0.240 e. The van der Waals surface area contributed by atoms with Gasteiger partial charge < -0.3 is 10.1 Å². The molecule has 3 aromatic carbocycles. The summed E-state index contributed by atoms with van der Waals surface area (Å²) in [5, 5.41) is 14.0. The van der Waals surface area contributed by atoms with Crippen LogP contribution in [-0.4, -0.2) is 37.9 Å². The number of benzene rings is 3. The molecule has 4 aromatic rings. The van der Waals surface area contributed by atoms with Gasteiger partial charge in [0.15, 0.2) is 5.82 Å². The standard InChI is InChI=1S/C26H25BrN4O3S/c1-17-8-9-18(15-24(17)35(32,33)28-16-21-5-4-14-34-21)25-22-6-2-3-7-23(22)26(31-30-25)29-20-12-10-19(27)11-13-20/h2-3,6-13,15,21,28H,4-5,14,16H2,1H3,(H,29,31)/t21-/m1/s1. The van der Waals surface area contributed by atoms with Gasteiger partial charge in [0.05, 0.1) is 11.0 Å². The molecule has 2 heterocycles. The normalized spacial score (nSPS) is 16.0. The van der Waals surface area contributed by atoms with E-state index in [1.165, 1.54) is 0 Å². The van der Waals surface area contributed by atoms with Crippen molar-refractivity contribution in [3.8, 4) is 11.3 Å². The Labute approximate surface area is 213 Å². The molecule has 0 bridgehead atoms. The number of fused-ring (bicyclic) bond motifs is 1. The van der Waals surface area contributed by atoms with Crippen LogP contribution in [0.1, 0.15) is 18.4 Å². The number of halogens is 1. The van der Waals surface area contributed by atoms with Crippen molar-refractivity contribution in [1.29, 1.82) is 0 Å². The Morgan fingerprint density at radius 2 is 1.80 bits per heavy atom. The van der Waals surface area contributed by atoms with Crippen LogP contribution in [0, 0.1) is 6.92 Å². The van der Waals surface area contributed by atoms with Crippen LogP contribution >= 0.6 is 15.9 Å². The first-order valence-electron chi connectivity index (χ1n) is 11.4. The highest BCUT2D eigenvalue weighted by Crippen LogP contribution is 2.33. The zero-order chi connectivity index (χ0) is 24.4. The van der Waals surface area contributed by atoms with E-state index in [0.717, 1.165) is 33.8 Å². The minimum atomic E-state index is -3.71. The zero-order valence-electron chi connectivity index (χ0n) is 19.2. The summed E-state index contributed by atoms with van der Waals surface area (Å²) in [6, 6.07) is 21.0. The highest BCUT2D eigenvalue weighted by molar-refractivity contribution is 9.10. The molecule has 2 N–H and O–H groups in total. The third-order valence-electron chi connectivity index (χ3n) is 6.07. The lowest BCUT2D eigenvalue weighted by Crippen LogP contribution is -2.32. The molecule has 0 amide bonds. The molecule has 1 aromatic heterocycles. The van der Waals surface area contributed by atoms with E-state index >= 15 is 0 Å². The van der Waals surface area contributed by atoms with Crippen molar-refractivity contribution in [3.63, 3.8) is 0 Å². The molecule has 35 heavy (non-hydrogen) atoms. The zero-order valence-corrected chi connectivity index (χ0v) is 21.6. The van der Waals surface area contributed by atoms with Crippen molar-refractivity contribution in [2.75, 3.05) is 18.5 Å². The monoisotopic (exact) mass is 552 g/mol. The van der Waals surface area contributed by atoms with E-state index in [-0.39, 0.29) is 17.5 Å². The fraction of sp³-hybridized carbons (Fsp3) is 0.231. The van der Waals surface area contributed by atoms with E-state index in [1.54, 1.807) is 19.1 Å². The maximum absolute atomic E-state index is 13.1. The summed E-state index contributed by atoms with van der Waals surface area (Å²) in [6.07, 6.45) is 1.75. The first-order valence-corrected chi connectivity index (χ1v) is 13.7. The molecule has 7 nitrogen and oxygen atoms in total. The number of rotatable bonds is 7. The largest absolute Gasteiger partial charge is 0.377 e. The van der Waals surface area contributed by atoms with Crippen molar-refractivity contribution in [2.24, 2.45) is 0 Å². The quantitative estimate of drug-likeness (QED) is 0.311. The van der Waals surface area contributed by atoms with E-state index in [1.807, 2.05) is 54.6 Å². The second-order valence-corrected chi connectivity index (χ2v) is 11.2. The number of aryl methyl sites for hydroxylation is 1. The Kier molecular flexibility index (Phi) is 6.84. The van der Waals surface area contributed by atoms with E-state index in [9.17, 15) is 8.42 Å². The molecule has 0 aliphatic carbocycles. The van der Waals surface area contributed by atoms with Gasteiger partial charge in [0.25, 0.3) is 0 Å². The van der Waals surface area contributed by atoms with Crippen LogP contribution in [0.5, 0.6) is 0 Å². The summed E-state index contributed by atoms with van der Waals surface area (Å²) in [5.74, 6) is 0.629. The summed E-state index contributed by atoms with van der Waals surface area (Å²) in [6.45, 7) is 2.74. The van der Waals surface area contributed by atoms with Gasteiger partial charge in [-0.25, -0.2) is 13.1 Å². The predicted octanol–water partition coefficient (Wildman–Crippen LogP) is 5.57. The highest BCUT2D eigenvalue weighted by Gasteiger charge is 2.23. The number of aromatic nitrogens is 2. The highest BCUT2D eigenvalue weighted by atomic mass is 79.9. The van der Waals surface area contributed by atoms with Crippen LogP contribution in [0.4, 0.5) is 11.5 Å². The third kappa shape index (κ3) is 5.23. The van der Waals surface area contributed by atoms with Gasteiger partial charge in [0, 0.05) is 39.6 Å². The molecule has 0 spiro atoms. The maximum atomic E-state index is 13.1. The number of anilines is 2. The van der Waals surface area contributed by atoms with E-state index in [4.69, 9.17) is 4.74 Å². The molecule has 1 fully saturated rings. The van der Waals surface area contributed by atoms with Gasteiger partial charge in [0.1, 0.15) is 5.69 Å². The van der Waals surface area contributed by atoms with Crippen LogP contribution in [-0.2, 0) is 14.8 Å². The SMILES string of the molecule is Cc1ccc(-c2nnc(Nc3ccc(Br)cc3)c3ccccc23)cc1S(=O)(=O)NC[C@H]1CCCO1. The lowest BCUT2D eigenvalue weighted by atomic mass is 10.0. The fourth-order valence-electron chi connectivity index (χ4n) is 4.20. The third-order valence-corrected chi connectivity index (χ3v) is 8.16. The average Bonchev–Trinajstić information content (AvgIpc) is 3.39. The van der Waals surface area contributed by atoms with Gasteiger partial charge in [-0.15, -0.1) is 10.2 Å². The molecule has 0 unspecified atom stereocenters. The van der Waals surface area contributed by atoms with Gasteiger partial charge in [0.2, 0.25) is 10.0 Å². The average molecular weight is 553 g/mol. The van der Waals surface area contributed by atoms with Crippen molar-refractivity contribution >= 4 is 48.2 Å². The Morgan fingerprint density at radius 1 is 1.03 bits per heavy atom. The minimum absolute atomic E-state index is 0.0751. The number of sulfonamides is 1. The van der Waals surface area contributed by atoms with E-state index in [0.29, 0.717) is 29.2 Å². The minimum Gasteiger partial charge on any atom is -0.377 e. The first kappa shape index (κ1) is 23.9. The summed E-state index contributed by atoms with van der Waals surface area (Å²) < 4.78 is 35.5. The van der Waals surface area contributed by atoms with Crippen molar-refractivity contribution in [1.82, 2.24) is 14.9 Å². The van der Waals surface area contributed by atoms with Gasteiger partial charge >= 0.3 is 0 Å². The van der Waals surface area contributed by atoms with Crippen LogP contribution < -0.4 is 10.0 Å². The molecular formula is C26H25BrN4O3S. The molecule has 5 rings (SSSR count). The van der Waals surface area contributed by atoms with Crippen molar-refractivity contribution < 1.29 is 13.2 Å². The van der Waals surface area contributed by atoms with E-state index < -0.39 is 10.0 Å².